The number of nitrogens with zero attached hydrogens (tertiary/aromatic N) is 3. The zero-order valence-corrected chi connectivity index (χ0v) is 15.1. The summed E-state index contributed by atoms with van der Waals surface area (Å²) in [6.07, 6.45) is 8.75. The van der Waals surface area contributed by atoms with Crippen LogP contribution in [0.2, 0.25) is 5.02 Å². The number of hydrogen-bond donors (Lipinski definition) is 3. The number of H-pyrrole nitrogens is 1. The van der Waals surface area contributed by atoms with E-state index in [-0.39, 0.29) is 11.9 Å². The highest BCUT2D eigenvalue weighted by Crippen LogP contribution is 2.29. The Hall–Kier alpha value is -2.25. The average molecular weight is 375 g/mol. The van der Waals surface area contributed by atoms with Gasteiger partial charge >= 0.3 is 0 Å². The van der Waals surface area contributed by atoms with Crippen LogP contribution in [-0.4, -0.2) is 39.1 Å². The minimum absolute atomic E-state index is 0.192. The van der Waals surface area contributed by atoms with Crippen LogP contribution >= 0.6 is 11.6 Å². The second-order valence-corrected chi connectivity index (χ2v) is 7.07. The predicted octanol–water partition coefficient (Wildman–Crippen LogP) is 3.75. The molecule has 4 rings (SSSR count). The largest absolute Gasteiger partial charge is 0.365 e. The van der Waals surface area contributed by atoms with Gasteiger partial charge in [-0.05, 0) is 38.8 Å². The molecule has 0 aromatic carbocycles. The first-order valence-electron chi connectivity index (χ1n) is 8.73. The Labute approximate surface area is 155 Å². The summed E-state index contributed by atoms with van der Waals surface area (Å²) in [5, 5.41) is 7.90. The van der Waals surface area contributed by atoms with Crippen LogP contribution in [0.4, 0.5) is 10.2 Å². The number of aromatic amines is 1. The lowest BCUT2D eigenvalue weighted by Crippen LogP contribution is -2.37. The monoisotopic (exact) mass is 374 g/mol. The van der Waals surface area contributed by atoms with Crippen LogP contribution in [0.3, 0.4) is 0 Å². The maximum atomic E-state index is 14.3. The van der Waals surface area contributed by atoms with Crippen molar-refractivity contribution in [1.29, 1.82) is 0 Å². The van der Waals surface area contributed by atoms with Gasteiger partial charge in [0, 0.05) is 35.4 Å². The smallest absolute Gasteiger partial charge is 0.183 e. The molecule has 2 atom stereocenters. The Morgan fingerprint density at radius 3 is 2.92 bits per heavy atom. The van der Waals surface area contributed by atoms with Crippen molar-refractivity contribution in [2.45, 2.75) is 37.8 Å². The van der Waals surface area contributed by atoms with E-state index in [1.807, 2.05) is 7.05 Å². The normalized spacial score (nSPS) is 20.4. The molecule has 1 saturated carbocycles. The molecule has 3 aromatic heterocycles. The van der Waals surface area contributed by atoms with Gasteiger partial charge in [0.05, 0.1) is 11.2 Å². The van der Waals surface area contributed by atoms with Crippen LogP contribution in [0, 0.1) is 5.82 Å². The maximum absolute atomic E-state index is 14.3. The van der Waals surface area contributed by atoms with Gasteiger partial charge in [-0.2, -0.15) is 0 Å². The fourth-order valence-corrected chi connectivity index (χ4v) is 3.70. The van der Waals surface area contributed by atoms with E-state index in [1.54, 1.807) is 18.5 Å². The SMILES string of the molecule is CNC1CCCC(Nc2nc(-c3c[nH]c4ncc(Cl)cc34)ncc2F)C1. The van der Waals surface area contributed by atoms with Crippen molar-refractivity contribution in [3.05, 3.63) is 35.5 Å². The second-order valence-electron chi connectivity index (χ2n) is 6.64. The molecule has 3 heterocycles. The molecule has 0 saturated heterocycles. The lowest BCUT2D eigenvalue weighted by molar-refractivity contribution is 0.368. The van der Waals surface area contributed by atoms with Gasteiger partial charge in [0.1, 0.15) is 5.65 Å². The van der Waals surface area contributed by atoms with E-state index in [1.165, 1.54) is 6.20 Å². The van der Waals surface area contributed by atoms with Crippen LogP contribution in [-0.2, 0) is 0 Å². The van der Waals surface area contributed by atoms with Crippen LogP contribution < -0.4 is 10.6 Å². The third-order valence-corrected chi connectivity index (χ3v) is 5.11. The van der Waals surface area contributed by atoms with Gasteiger partial charge in [0.25, 0.3) is 0 Å². The molecule has 1 aliphatic carbocycles. The van der Waals surface area contributed by atoms with E-state index in [0.29, 0.717) is 22.5 Å². The molecule has 26 heavy (non-hydrogen) atoms. The molecule has 6 nitrogen and oxygen atoms in total. The molecule has 3 N–H and O–H groups in total. The number of fused-ring (bicyclic) bond motifs is 1. The lowest BCUT2D eigenvalue weighted by atomic mass is 9.91. The zero-order valence-electron chi connectivity index (χ0n) is 14.4. The van der Waals surface area contributed by atoms with Crippen LogP contribution in [0.5, 0.6) is 0 Å². The van der Waals surface area contributed by atoms with Gasteiger partial charge < -0.3 is 15.6 Å². The fraction of sp³-hybridized carbons (Fsp3) is 0.389. The topological polar surface area (TPSA) is 78.5 Å². The van der Waals surface area contributed by atoms with E-state index in [2.05, 4.69) is 30.6 Å². The molecule has 8 heteroatoms. The summed E-state index contributed by atoms with van der Waals surface area (Å²) < 4.78 is 14.3. The molecule has 0 radical (unpaired) electrons. The van der Waals surface area contributed by atoms with E-state index in [9.17, 15) is 4.39 Å². The van der Waals surface area contributed by atoms with Crippen LogP contribution in [0.1, 0.15) is 25.7 Å². The third-order valence-electron chi connectivity index (χ3n) is 4.91. The molecule has 1 aliphatic rings. The van der Waals surface area contributed by atoms with E-state index < -0.39 is 5.82 Å². The molecule has 136 valence electrons. The maximum Gasteiger partial charge on any atom is 0.183 e. The quantitative estimate of drug-likeness (QED) is 0.648. The molecule has 0 aliphatic heterocycles. The Kier molecular flexibility index (Phi) is 4.74. The Morgan fingerprint density at radius 1 is 1.23 bits per heavy atom. The molecule has 2 unspecified atom stereocenters. The third kappa shape index (κ3) is 3.37. The van der Waals surface area contributed by atoms with Gasteiger partial charge in [-0.15, -0.1) is 0 Å². The Balaban J connectivity index is 1.64. The van der Waals surface area contributed by atoms with Crippen molar-refractivity contribution in [2.24, 2.45) is 0 Å². The minimum atomic E-state index is -0.448. The van der Waals surface area contributed by atoms with E-state index in [0.717, 1.165) is 36.6 Å². The predicted molar refractivity (Wildman–Crippen MR) is 101 cm³/mol. The second kappa shape index (κ2) is 7.17. The number of pyridine rings is 1. The number of anilines is 1. The van der Waals surface area contributed by atoms with Crippen molar-refractivity contribution < 1.29 is 4.39 Å². The summed E-state index contributed by atoms with van der Waals surface area (Å²) in [6, 6.07) is 2.44. The number of halogens is 2. The number of nitrogens with one attached hydrogen (secondary N) is 3. The summed E-state index contributed by atoms with van der Waals surface area (Å²) in [5.74, 6) is 0.225. The summed E-state index contributed by atoms with van der Waals surface area (Å²) in [6.45, 7) is 0. The number of hydrogen-bond acceptors (Lipinski definition) is 5. The molecule has 3 aromatic rings. The minimum Gasteiger partial charge on any atom is -0.365 e. The Morgan fingerprint density at radius 2 is 2.08 bits per heavy atom. The summed E-state index contributed by atoms with van der Waals surface area (Å²) in [7, 11) is 1.96. The van der Waals surface area contributed by atoms with Crippen molar-refractivity contribution in [3.63, 3.8) is 0 Å². The first kappa shape index (κ1) is 17.2. The molecule has 1 fully saturated rings. The van der Waals surface area contributed by atoms with Crippen LogP contribution in [0.25, 0.3) is 22.4 Å². The highest BCUT2D eigenvalue weighted by Gasteiger charge is 2.22. The van der Waals surface area contributed by atoms with Gasteiger partial charge in [-0.3, -0.25) is 0 Å². The van der Waals surface area contributed by atoms with Gasteiger partial charge in [-0.25, -0.2) is 19.3 Å². The first-order chi connectivity index (χ1) is 12.6. The fourth-order valence-electron chi connectivity index (χ4n) is 3.54. The summed E-state index contributed by atoms with van der Waals surface area (Å²) in [4.78, 5) is 15.9. The van der Waals surface area contributed by atoms with Crippen molar-refractivity contribution in [2.75, 3.05) is 12.4 Å². The molecular formula is C18H20ClFN6. The molecular weight excluding hydrogens is 355 g/mol. The highest BCUT2D eigenvalue weighted by molar-refractivity contribution is 6.31. The number of aromatic nitrogens is 4. The van der Waals surface area contributed by atoms with Crippen molar-refractivity contribution >= 4 is 28.5 Å². The van der Waals surface area contributed by atoms with Crippen molar-refractivity contribution in [1.82, 2.24) is 25.3 Å². The van der Waals surface area contributed by atoms with Crippen LogP contribution in [0.15, 0.2) is 24.7 Å². The summed E-state index contributed by atoms with van der Waals surface area (Å²) in [5.41, 5.74) is 1.44. The van der Waals surface area contributed by atoms with Crippen molar-refractivity contribution in [3.8, 4) is 11.4 Å². The Bertz CT molecular complexity index is 927. The lowest BCUT2D eigenvalue weighted by Gasteiger charge is -2.29. The van der Waals surface area contributed by atoms with Gasteiger partial charge in [-0.1, -0.05) is 11.6 Å². The molecule has 0 amide bonds. The first-order valence-corrected chi connectivity index (χ1v) is 9.11. The molecule has 0 spiro atoms. The number of rotatable bonds is 4. The van der Waals surface area contributed by atoms with Gasteiger partial charge in [0.2, 0.25) is 0 Å². The average Bonchev–Trinajstić information content (AvgIpc) is 3.07. The zero-order chi connectivity index (χ0) is 18.1. The van der Waals surface area contributed by atoms with E-state index >= 15 is 0 Å². The van der Waals surface area contributed by atoms with E-state index in [4.69, 9.17) is 11.6 Å². The molecule has 0 bridgehead atoms. The van der Waals surface area contributed by atoms with Gasteiger partial charge in [0.15, 0.2) is 17.5 Å². The highest BCUT2D eigenvalue weighted by atomic mass is 35.5. The summed E-state index contributed by atoms with van der Waals surface area (Å²) >= 11 is 6.05. The standard InChI is InChI=1S/C18H20ClFN6/c1-21-11-3-2-4-12(6-11)25-18-15(20)9-24-17(26-18)14-8-23-16-13(14)5-10(19)7-22-16/h5,7-9,11-12,21H,2-4,6H2,1H3,(H,22,23)(H,24,25,26).